The van der Waals surface area contributed by atoms with Crippen molar-refractivity contribution >= 4 is 17.9 Å². The number of ether oxygens (including phenoxy) is 3. The SMILES string of the molecule is CC/C=C\C/C=C\C/C=C\C/C=C\C/C=C\C/C=C\CCCCCCCCCCCCCCC(=O)OCC(COC(=O)CCCCCCC/C=C\C/C=C\C/C=C\CC)OC(=O)CCCCCCCCCCCCCCCCCCCC. The van der Waals surface area contributed by atoms with E-state index in [1.165, 1.54) is 161 Å². The second-order valence-electron chi connectivity index (χ2n) is 23.0. The third kappa shape index (κ3) is 66.9. The highest BCUT2D eigenvalue weighted by Crippen LogP contribution is 2.17. The summed E-state index contributed by atoms with van der Waals surface area (Å²) in [6, 6.07) is 0. The van der Waals surface area contributed by atoms with Crippen molar-refractivity contribution in [2.24, 2.45) is 0 Å². The van der Waals surface area contributed by atoms with E-state index in [-0.39, 0.29) is 31.1 Å². The highest BCUT2D eigenvalue weighted by Gasteiger charge is 2.19. The Bertz CT molecular complexity index is 1640. The van der Waals surface area contributed by atoms with Crippen LogP contribution in [0.3, 0.4) is 0 Å². The van der Waals surface area contributed by atoms with E-state index in [1.54, 1.807) is 0 Å². The molecule has 0 bridgehead atoms. The van der Waals surface area contributed by atoms with Gasteiger partial charge < -0.3 is 14.2 Å². The summed E-state index contributed by atoms with van der Waals surface area (Å²) in [5, 5.41) is 0. The maximum absolute atomic E-state index is 12.9. The number of carbonyl (C=O) groups is 3. The van der Waals surface area contributed by atoms with Gasteiger partial charge in [0, 0.05) is 19.3 Å². The van der Waals surface area contributed by atoms with E-state index in [0.29, 0.717) is 19.3 Å². The van der Waals surface area contributed by atoms with Crippen LogP contribution in [0, 0.1) is 0 Å². The second kappa shape index (κ2) is 69.6. The zero-order valence-electron chi connectivity index (χ0n) is 54.0. The minimum atomic E-state index is -0.786. The number of hydrogen-bond acceptors (Lipinski definition) is 6. The van der Waals surface area contributed by atoms with E-state index in [1.807, 2.05) is 0 Å². The predicted molar refractivity (Wildman–Crippen MR) is 357 cm³/mol. The summed E-state index contributed by atoms with van der Waals surface area (Å²) in [6.45, 7) is 6.44. The van der Waals surface area contributed by atoms with Gasteiger partial charge in [0.2, 0.25) is 0 Å². The molecule has 0 aliphatic rings. The van der Waals surface area contributed by atoms with Crippen LogP contribution >= 0.6 is 0 Å². The Morgan fingerprint density at radius 3 is 0.744 bits per heavy atom. The lowest BCUT2D eigenvalue weighted by Crippen LogP contribution is -2.30. The van der Waals surface area contributed by atoms with E-state index in [4.69, 9.17) is 14.2 Å². The Kier molecular flexibility index (Phi) is 66.2. The number of unbranched alkanes of at least 4 members (excludes halogenated alkanes) is 34. The van der Waals surface area contributed by atoms with Gasteiger partial charge >= 0.3 is 17.9 Å². The molecule has 0 spiro atoms. The second-order valence-corrected chi connectivity index (χ2v) is 23.0. The molecule has 0 aromatic carbocycles. The van der Waals surface area contributed by atoms with Gasteiger partial charge in [-0.05, 0) is 103 Å². The van der Waals surface area contributed by atoms with Crippen LogP contribution < -0.4 is 0 Å². The van der Waals surface area contributed by atoms with Crippen LogP contribution in [-0.2, 0) is 28.6 Å². The van der Waals surface area contributed by atoms with Gasteiger partial charge in [-0.3, -0.25) is 14.4 Å². The van der Waals surface area contributed by atoms with Gasteiger partial charge in [-0.2, -0.15) is 0 Å². The number of esters is 3. The summed E-state index contributed by atoms with van der Waals surface area (Å²) in [4.78, 5) is 38.4. The molecule has 82 heavy (non-hydrogen) atoms. The van der Waals surface area contributed by atoms with Crippen molar-refractivity contribution in [1.29, 1.82) is 0 Å². The van der Waals surface area contributed by atoms with Crippen molar-refractivity contribution in [2.75, 3.05) is 13.2 Å². The molecule has 6 nitrogen and oxygen atoms in total. The van der Waals surface area contributed by atoms with Crippen molar-refractivity contribution in [3.63, 3.8) is 0 Å². The van der Waals surface area contributed by atoms with Crippen LogP contribution in [0.2, 0.25) is 0 Å². The van der Waals surface area contributed by atoms with Crippen molar-refractivity contribution in [1.82, 2.24) is 0 Å². The van der Waals surface area contributed by atoms with Crippen molar-refractivity contribution in [2.45, 2.75) is 341 Å². The van der Waals surface area contributed by atoms with Gasteiger partial charge in [0.25, 0.3) is 0 Å². The lowest BCUT2D eigenvalue weighted by Gasteiger charge is -2.18. The molecule has 1 atom stereocenters. The summed E-state index contributed by atoms with van der Waals surface area (Å²) in [5.41, 5.74) is 0. The molecule has 0 rings (SSSR count). The molecule has 0 aliphatic carbocycles. The summed E-state index contributed by atoms with van der Waals surface area (Å²) in [7, 11) is 0. The summed E-state index contributed by atoms with van der Waals surface area (Å²) < 4.78 is 17.0. The Morgan fingerprint density at radius 2 is 0.476 bits per heavy atom. The predicted octanol–water partition coefficient (Wildman–Crippen LogP) is 24.2. The zero-order chi connectivity index (χ0) is 59.2. The maximum atomic E-state index is 12.9. The molecule has 0 saturated heterocycles. The molecule has 0 heterocycles. The number of allylic oxidation sites excluding steroid dienone is 18. The molecule has 0 amide bonds. The maximum Gasteiger partial charge on any atom is 0.306 e. The average Bonchev–Trinajstić information content (AvgIpc) is 3.47. The van der Waals surface area contributed by atoms with Gasteiger partial charge in [-0.15, -0.1) is 0 Å². The number of carbonyl (C=O) groups excluding carboxylic acids is 3. The molecule has 1 unspecified atom stereocenters. The van der Waals surface area contributed by atoms with E-state index < -0.39 is 6.10 Å². The lowest BCUT2D eigenvalue weighted by molar-refractivity contribution is -0.167. The van der Waals surface area contributed by atoms with Crippen LogP contribution in [0.15, 0.2) is 109 Å². The molecular formula is C76H130O6. The molecular weight excluding hydrogens is 1010 g/mol. The Hall–Kier alpha value is -3.93. The Labute approximate surface area is 508 Å². The zero-order valence-corrected chi connectivity index (χ0v) is 54.0. The first-order valence-electron chi connectivity index (χ1n) is 34.9. The van der Waals surface area contributed by atoms with Gasteiger partial charge in [0.1, 0.15) is 13.2 Å². The van der Waals surface area contributed by atoms with Crippen molar-refractivity contribution < 1.29 is 28.6 Å². The highest BCUT2D eigenvalue weighted by atomic mass is 16.6. The molecule has 0 aromatic heterocycles. The fraction of sp³-hybridized carbons (Fsp3) is 0.724. The van der Waals surface area contributed by atoms with Gasteiger partial charge in [-0.25, -0.2) is 0 Å². The van der Waals surface area contributed by atoms with Gasteiger partial charge in [0.05, 0.1) is 0 Å². The topological polar surface area (TPSA) is 78.9 Å². The molecule has 0 N–H and O–H groups in total. The van der Waals surface area contributed by atoms with Crippen LogP contribution in [0.25, 0.3) is 0 Å². The quantitative estimate of drug-likeness (QED) is 0.0261. The standard InChI is InChI=1S/C76H130O6/c1-4-7-10-13-16-19-22-25-28-30-32-33-34-35-36-37-38-39-40-41-42-43-44-46-48-51-54-57-60-63-66-69-75(78)81-72-73(71-80-74(77)68-65-62-59-56-53-50-47-27-24-21-18-15-12-9-6-3)82-76(79)70-67-64-61-58-55-52-49-45-31-29-26-23-20-17-14-11-8-5-2/h7,9-10,12,16,18-19,21,25,27-28,32-33,35-36,38-39,47,73H,4-6,8,11,13-15,17,20,22-24,26,29-31,34,37,40-46,48-72H2,1-3H3/b10-7-,12-9-,19-16-,21-18-,28-25-,33-32-,36-35-,39-38-,47-27-. The Balaban J connectivity index is 4.28. The van der Waals surface area contributed by atoms with Crippen molar-refractivity contribution in [3.8, 4) is 0 Å². The fourth-order valence-corrected chi connectivity index (χ4v) is 9.88. The molecule has 0 saturated carbocycles. The number of hydrogen-bond donors (Lipinski definition) is 0. The lowest BCUT2D eigenvalue weighted by atomic mass is 10.0. The normalized spacial score (nSPS) is 12.8. The van der Waals surface area contributed by atoms with E-state index in [9.17, 15) is 14.4 Å². The fourth-order valence-electron chi connectivity index (χ4n) is 9.88. The largest absolute Gasteiger partial charge is 0.462 e. The molecule has 6 heteroatoms. The molecule has 0 fully saturated rings. The first-order valence-corrected chi connectivity index (χ1v) is 34.9. The molecule has 0 radical (unpaired) electrons. The minimum Gasteiger partial charge on any atom is -0.462 e. The smallest absolute Gasteiger partial charge is 0.306 e. The Morgan fingerprint density at radius 1 is 0.256 bits per heavy atom. The molecule has 0 aliphatic heterocycles. The highest BCUT2D eigenvalue weighted by molar-refractivity contribution is 5.71. The van der Waals surface area contributed by atoms with Crippen molar-refractivity contribution in [3.05, 3.63) is 109 Å². The third-order valence-corrected chi connectivity index (χ3v) is 15.0. The van der Waals surface area contributed by atoms with E-state index in [0.717, 1.165) is 135 Å². The van der Waals surface area contributed by atoms with Gasteiger partial charge in [-0.1, -0.05) is 323 Å². The van der Waals surface area contributed by atoms with Crippen LogP contribution in [-0.4, -0.2) is 37.2 Å². The first-order chi connectivity index (χ1) is 40.5. The number of rotatable bonds is 63. The molecule has 470 valence electrons. The summed E-state index contributed by atoms with van der Waals surface area (Å²) in [6.07, 6.45) is 95.4. The van der Waals surface area contributed by atoms with Gasteiger partial charge in [0.15, 0.2) is 6.10 Å². The third-order valence-electron chi connectivity index (χ3n) is 15.0. The first kappa shape index (κ1) is 78.1. The monoisotopic (exact) mass is 1140 g/mol. The van der Waals surface area contributed by atoms with E-state index in [2.05, 4.69) is 130 Å². The minimum absolute atomic E-state index is 0.0819. The average molecular weight is 1140 g/mol. The van der Waals surface area contributed by atoms with Crippen LogP contribution in [0.4, 0.5) is 0 Å². The van der Waals surface area contributed by atoms with Crippen LogP contribution in [0.1, 0.15) is 335 Å². The summed E-state index contributed by atoms with van der Waals surface area (Å²) >= 11 is 0. The van der Waals surface area contributed by atoms with E-state index >= 15 is 0 Å². The van der Waals surface area contributed by atoms with Crippen LogP contribution in [0.5, 0.6) is 0 Å². The molecule has 0 aromatic rings. The summed E-state index contributed by atoms with van der Waals surface area (Å²) in [5.74, 6) is -0.885.